The first-order valence-corrected chi connectivity index (χ1v) is 9.88. The third-order valence-electron chi connectivity index (χ3n) is 4.53. The largest absolute Gasteiger partial charge is 0.378 e. The standard InChI is InChI=1S/C18H28N4OS/c1-19-18(21-14-16-6-4-12-24-16)20-13-15-5-2-3-7-17(15)22-8-10-23-11-9-22/h2-3,5,7,16H,4,6,8-14H2,1H3,(H2,19,20,21). The zero-order valence-corrected chi connectivity index (χ0v) is 15.3. The van der Waals surface area contributed by atoms with Gasteiger partial charge < -0.3 is 20.3 Å². The number of anilines is 1. The van der Waals surface area contributed by atoms with Crippen LogP contribution in [0.3, 0.4) is 0 Å². The molecule has 132 valence electrons. The van der Waals surface area contributed by atoms with Crippen LogP contribution in [-0.4, -0.2) is 56.9 Å². The van der Waals surface area contributed by atoms with E-state index < -0.39 is 0 Å². The zero-order valence-electron chi connectivity index (χ0n) is 14.5. The number of morpholine rings is 1. The van der Waals surface area contributed by atoms with Gasteiger partial charge in [0.05, 0.1) is 13.2 Å². The molecule has 0 spiro atoms. The van der Waals surface area contributed by atoms with Crippen molar-refractivity contribution in [3.05, 3.63) is 29.8 Å². The highest BCUT2D eigenvalue weighted by Crippen LogP contribution is 2.25. The summed E-state index contributed by atoms with van der Waals surface area (Å²) < 4.78 is 5.47. The Morgan fingerprint density at radius 2 is 2.12 bits per heavy atom. The summed E-state index contributed by atoms with van der Waals surface area (Å²) >= 11 is 2.07. The molecule has 2 heterocycles. The highest BCUT2D eigenvalue weighted by atomic mass is 32.2. The lowest BCUT2D eigenvalue weighted by atomic mass is 10.1. The molecule has 1 atom stereocenters. The monoisotopic (exact) mass is 348 g/mol. The second-order valence-corrected chi connectivity index (χ2v) is 7.58. The Hall–Kier alpha value is -1.40. The molecule has 1 unspecified atom stereocenters. The summed E-state index contributed by atoms with van der Waals surface area (Å²) in [5.74, 6) is 2.19. The van der Waals surface area contributed by atoms with Crippen LogP contribution in [0.5, 0.6) is 0 Å². The van der Waals surface area contributed by atoms with Crippen LogP contribution in [0.1, 0.15) is 18.4 Å². The van der Waals surface area contributed by atoms with Crippen LogP contribution in [0.25, 0.3) is 0 Å². The molecule has 0 radical (unpaired) electrons. The zero-order chi connectivity index (χ0) is 16.6. The predicted octanol–water partition coefficient (Wildman–Crippen LogP) is 2.08. The van der Waals surface area contributed by atoms with Crippen LogP contribution in [0, 0.1) is 0 Å². The van der Waals surface area contributed by atoms with E-state index in [0.717, 1.165) is 50.6 Å². The number of thioether (sulfide) groups is 1. The molecule has 0 saturated carbocycles. The third-order valence-corrected chi connectivity index (χ3v) is 5.93. The lowest BCUT2D eigenvalue weighted by Crippen LogP contribution is -2.40. The van der Waals surface area contributed by atoms with Crippen molar-refractivity contribution in [1.82, 2.24) is 10.6 Å². The molecule has 3 rings (SSSR count). The van der Waals surface area contributed by atoms with E-state index in [9.17, 15) is 0 Å². The van der Waals surface area contributed by atoms with Crippen LogP contribution in [0.2, 0.25) is 0 Å². The summed E-state index contributed by atoms with van der Waals surface area (Å²) in [6.07, 6.45) is 2.66. The number of hydrogen-bond acceptors (Lipinski definition) is 4. The highest BCUT2D eigenvalue weighted by Gasteiger charge is 2.16. The lowest BCUT2D eigenvalue weighted by molar-refractivity contribution is 0.122. The Morgan fingerprint density at radius 1 is 1.29 bits per heavy atom. The average Bonchev–Trinajstić information content (AvgIpc) is 3.16. The maximum atomic E-state index is 5.47. The minimum absolute atomic E-state index is 0.726. The van der Waals surface area contributed by atoms with E-state index in [2.05, 4.69) is 56.6 Å². The minimum Gasteiger partial charge on any atom is -0.378 e. The lowest BCUT2D eigenvalue weighted by Gasteiger charge is -2.30. The van der Waals surface area contributed by atoms with Crippen molar-refractivity contribution in [2.24, 2.45) is 4.99 Å². The molecule has 0 amide bonds. The van der Waals surface area contributed by atoms with E-state index in [0.29, 0.717) is 0 Å². The Morgan fingerprint density at radius 3 is 2.88 bits per heavy atom. The Bertz CT molecular complexity index is 540. The fourth-order valence-corrected chi connectivity index (χ4v) is 4.39. The molecule has 2 fully saturated rings. The number of hydrogen-bond donors (Lipinski definition) is 2. The highest BCUT2D eigenvalue weighted by molar-refractivity contribution is 8.00. The summed E-state index contributed by atoms with van der Waals surface area (Å²) in [6, 6.07) is 8.61. The molecule has 2 aliphatic heterocycles. The molecule has 24 heavy (non-hydrogen) atoms. The van der Waals surface area contributed by atoms with Crippen LogP contribution >= 0.6 is 11.8 Å². The van der Waals surface area contributed by atoms with Crippen molar-refractivity contribution < 1.29 is 4.74 Å². The molecular weight excluding hydrogens is 320 g/mol. The fraction of sp³-hybridized carbons (Fsp3) is 0.611. The molecule has 5 nitrogen and oxygen atoms in total. The number of nitrogens with one attached hydrogen (secondary N) is 2. The van der Waals surface area contributed by atoms with Crippen LogP contribution in [0.4, 0.5) is 5.69 Å². The Labute approximate surface area is 149 Å². The van der Waals surface area contributed by atoms with Crippen LogP contribution < -0.4 is 15.5 Å². The topological polar surface area (TPSA) is 48.9 Å². The van der Waals surface area contributed by atoms with E-state index in [4.69, 9.17) is 4.74 Å². The van der Waals surface area contributed by atoms with Gasteiger partial charge in [0.15, 0.2) is 5.96 Å². The second-order valence-electron chi connectivity index (χ2n) is 6.17. The second kappa shape index (κ2) is 9.18. The van der Waals surface area contributed by atoms with Crippen molar-refractivity contribution in [3.63, 3.8) is 0 Å². The SMILES string of the molecule is CN=C(NCc1ccccc1N1CCOCC1)NCC1CCCS1. The van der Waals surface area contributed by atoms with Gasteiger partial charge >= 0.3 is 0 Å². The normalized spacial score (nSPS) is 21.8. The van der Waals surface area contributed by atoms with Gasteiger partial charge in [-0.25, -0.2) is 0 Å². The van der Waals surface area contributed by atoms with Gasteiger partial charge in [0, 0.05) is 44.2 Å². The molecule has 0 aromatic heterocycles. The molecule has 1 aromatic rings. The first kappa shape index (κ1) is 17.4. The van der Waals surface area contributed by atoms with Gasteiger partial charge in [-0.05, 0) is 30.2 Å². The molecular formula is C18H28N4OS. The molecule has 6 heteroatoms. The van der Waals surface area contributed by atoms with E-state index >= 15 is 0 Å². The first-order valence-electron chi connectivity index (χ1n) is 8.83. The average molecular weight is 349 g/mol. The maximum absolute atomic E-state index is 5.47. The molecule has 0 aliphatic carbocycles. The van der Waals surface area contributed by atoms with Gasteiger partial charge in [-0.2, -0.15) is 11.8 Å². The summed E-state index contributed by atoms with van der Waals surface area (Å²) in [7, 11) is 1.84. The third kappa shape index (κ3) is 4.80. The molecule has 2 aliphatic rings. The van der Waals surface area contributed by atoms with Gasteiger partial charge in [-0.3, -0.25) is 4.99 Å². The van der Waals surface area contributed by atoms with Crippen LogP contribution in [0.15, 0.2) is 29.3 Å². The van der Waals surface area contributed by atoms with Gasteiger partial charge in [0.1, 0.15) is 0 Å². The quantitative estimate of drug-likeness (QED) is 0.630. The van der Waals surface area contributed by atoms with E-state index in [-0.39, 0.29) is 0 Å². The number of aliphatic imine (C=N–C) groups is 1. The Kier molecular flexibility index (Phi) is 6.66. The van der Waals surface area contributed by atoms with Gasteiger partial charge in [0.2, 0.25) is 0 Å². The number of nitrogens with zero attached hydrogens (tertiary/aromatic N) is 2. The number of guanidine groups is 1. The van der Waals surface area contributed by atoms with Crippen molar-refractivity contribution in [1.29, 1.82) is 0 Å². The van der Waals surface area contributed by atoms with Crippen molar-refractivity contribution in [2.75, 3.05) is 50.5 Å². The summed E-state index contributed by atoms with van der Waals surface area (Å²) in [5.41, 5.74) is 2.60. The maximum Gasteiger partial charge on any atom is 0.191 e. The van der Waals surface area contributed by atoms with Gasteiger partial charge in [-0.1, -0.05) is 18.2 Å². The fourth-order valence-electron chi connectivity index (χ4n) is 3.19. The van der Waals surface area contributed by atoms with E-state index in [1.807, 2.05) is 7.05 Å². The summed E-state index contributed by atoms with van der Waals surface area (Å²) in [5, 5.41) is 7.65. The smallest absolute Gasteiger partial charge is 0.191 e. The van der Waals surface area contributed by atoms with Crippen molar-refractivity contribution in [3.8, 4) is 0 Å². The number of para-hydroxylation sites is 1. The molecule has 2 N–H and O–H groups in total. The van der Waals surface area contributed by atoms with Crippen molar-refractivity contribution >= 4 is 23.4 Å². The van der Waals surface area contributed by atoms with Gasteiger partial charge in [0.25, 0.3) is 0 Å². The van der Waals surface area contributed by atoms with Crippen LogP contribution in [-0.2, 0) is 11.3 Å². The number of ether oxygens (including phenoxy) is 1. The first-order chi connectivity index (χ1) is 11.9. The summed E-state index contributed by atoms with van der Waals surface area (Å²) in [4.78, 5) is 6.77. The predicted molar refractivity (Wildman–Crippen MR) is 103 cm³/mol. The number of rotatable bonds is 5. The summed E-state index contributed by atoms with van der Waals surface area (Å²) in [6.45, 7) is 5.32. The molecule has 0 bridgehead atoms. The molecule has 2 saturated heterocycles. The molecule has 1 aromatic carbocycles. The van der Waals surface area contributed by atoms with Crippen molar-refractivity contribution in [2.45, 2.75) is 24.6 Å². The van der Waals surface area contributed by atoms with Gasteiger partial charge in [-0.15, -0.1) is 0 Å². The minimum atomic E-state index is 0.726. The van der Waals surface area contributed by atoms with E-state index in [1.54, 1.807) is 0 Å². The number of benzene rings is 1. The Balaban J connectivity index is 1.54. The van der Waals surface area contributed by atoms with E-state index in [1.165, 1.54) is 29.8 Å².